The van der Waals surface area contributed by atoms with Crippen LogP contribution in [0.4, 0.5) is 17.1 Å². The van der Waals surface area contributed by atoms with Crippen LogP contribution < -0.4 is 4.90 Å². The number of hydrogen-bond acceptors (Lipinski definition) is 4. The van der Waals surface area contributed by atoms with E-state index in [9.17, 15) is 0 Å². The fourth-order valence-electron chi connectivity index (χ4n) is 10.4. The van der Waals surface area contributed by atoms with Gasteiger partial charge in [0.2, 0.25) is 0 Å². The third kappa shape index (κ3) is 5.78. The number of nitrogens with zero attached hydrogens (tertiary/aromatic N) is 6. The smallest absolute Gasteiger partial charge is 0.164 e. The molecule has 6 nitrogen and oxygen atoms in total. The lowest BCUT2D eigenvalue weighted by molar-refractivity contribution is 0.632. The van der Waals surface area contributed by atoms with Crippen LogP contribution in [-0.2, 0) is 5.41 Å². The van der Waals surface area contributed by atoms with Crippen LogP contribution in [-0.4, -0.2) is 24.1 Å². The van der Waals surface area contributed by atoms with Crippen molar-refractivity contribution in [2.75, 3.05) is 4.90 Å². The van der Waals surface area contributed by atoms with Crippen molar-refractivity contribution in [2.45, 2.75) is 19.3 Å². The third-order valence-corrected chi connectivity index (χ3v) is 13.5. The van der Waals surface area contributed by atoms with Gasteiger partial charge in [-0.2, -0.15) is 0 Å². The molecule has 0 fully saturated rings. The topological polar surface area (TPSA) is 51.8 Å². The summed E-state index contributed by atoms with van der Waals surface area (Å²) in [5.41, 5.74) is 15.1. The van der Waals surface area contributed by atoms with E-state index in [2.05, 4.69) is 210 Å². The molecule has 0 spiro atoms. The first-order chi connectivity index (χ1) is 32.5. The number of anilines is 3. The van der Waals surface area contributed by atoms with Gasteiger partial charge in [-0.3, -0.25) is 0 Å². The predicted octanol–water partition coefficient (Wildman–Crippen LogP) is 15.2. The number of hydrogen-bond donors (Lipinski definition) is 0. The van der Waals surface area contributed by atoms with Crippen molar-refractivity contribution in [1.29, 1.82) is 0 Å². The number of benzene rings is 9. The minimum atomic E-state index is -0.343. The van der Waals surface area contributed by atoms with Gasteiger partial charge in [-0.15, -0.1) is 0 Å². The van der Waals surface area contributed by atoms with Crippen molar-refractivity contribution >= 4 is 60.7 Å². The second-order valence-electron chi connectivity index (χ2n) is 17.7. The average molecular weight is 847 g/mol. The van der Waals surface area contributed by atoms with E-state index in [1.807, 2.05) is 36.4 Å². The van der Waals surface area contributed by atoms with Crippen LogP contribution >= 0.6 is 0 Å². The number of aromatic nitrogens is 5. The Kier molecular flexibility index (Phi) is 8.46. The molecule has 312 valence electrons. The van der Waals surface area contributed by atoms with Gasteiger partial charge in [-0.05, 0) is 65.7 Å². The lowest BCUT2D eigenvalue weighted by atomic mass is 9.73. The second kappa shape index (κ2) is 14.7. The molecule has 66 heavy (non-hydrogen) atoms. The van der Waals surface area contributed by atoms with Crippen molar-refractivity contribution in [3.8, 4) is 45.5 Å². The van der Waals surface area contributed by atoms with Gasteiger partial charge in [0.15, 0.2) is 17.5 Å². The van der Waals surface area contributed by atoms with Gasteiger partial charge in [0, 0.05) is 60.7 Å². The van der Waals surface area contributed by atoms with E-state index in [0.29, 0.717) is 17.5 Å². The number of fused-ring (bicyclic) bond motifs is 9. The zero-order valence-electron chi connectivity index (χ0n) is 36.5. The van der Waals surface area contributed by atoms with Crippen LogP contribution in [0, 0.1) is 0 Å². The molecule has 0 saturated carbocycles. The minimum Gasteiger partial charge on any atom is -0.310 e. The molecule has 0 N–H and O–H groups in total. The van der Waals surface area contributed by atoms with E-state index < -0.39 is 0 Å². The van der Waals surface area contributed by atoms with Gasteiger partial charge in [0.05, 0.1) is 33.4 Å². The molecule has 4 heterocycles. The van der Waals surface area contributed by atoms with Crippen LogP contribution in [0.5, 0.6) is 0 Å². The maximum Gasteiger partial charge on any atom is 0.164 e. The highest BCUT2D eigenvalue weighted by Crippen LogP contribution is 2.54. The average Bonchev–Trinajstić information content (AvgIpc) is 3.90. The van der Waals surface area contributed by atoms with Crippen molar-refractivity contribution in [2.24, 2.45) is 0 Å². The lowest BCUT2D eigenvalue weighted by Gasteiger charge is -2.42. The molecule has 0 unspecified atom stereocenters. The minimum absolute atomic E-state index is 0.343. The van der Waals surface area contributed by atoms with Gasteiger partial charge in [-0.25, -0.2) is 15.0 Å². The molecular weight excluding hydrogens is 805 g/mol. The highest BCUT2D eigenvalue weighted by atomic mass is 15.2. The Morgan fingerprint density at radius 2 is 0.758 bits per heavy atom. The molecule has 6 heteroatoms. The van der Waals surface area contributed by atoms with E-state index in [4.69, 9.17) is 15.0 Å². The monoisotopic (exact) mass is 846 g/mol. The van der Waals surface area contributed by atoms with Gasteiger partial charge < -0.3 is 14.0 Å². The van der Waals surface area contributed by atoms with Gasteiger partial charge >= 0.3 is 0 Å². The summed E-state index contributed by atoms with van der Waals surface area (Å²) in [5.74, 6) is 1.90. The first kappa shape index (κ1) is 37.9. The first-order valence-electron chi connectivity index (χ1n) is 22.5. The van der Waals surface area contributed by atoms with Crippen molar-refractivity contribution < 1.29 is 0 Å². The Morgan fingerprint density at radius 3 is 1.30 bits per heavy atom. The standard InChI is InChI=1S/C60H42N6/c1-60(2)49-35-31-41(59-62-57(39-19-7-3-8-20-39)61-58(63-59)40-21-9-4-10-22-40)37-53(49)64(42-23-11-5-12-24-42)54-38-44(32-36-50(54)60)66-52-30-18-16-28-46(52)48-34-33-47-45-27-15-17-29-51(45)65(55(47)56(48)66)43-25-13-6-14-26-43/h3-38H,1-2H3. The Morgan fingerprint density at radius 1 is 0.333 bits per heavy atom. The molecule has 0 aliphatic carbocycles. The molecule has 0 radical (unpaired) electrons. The van der Waals surface area contributed by atoms with Crippen LogP contribution in [0.1, 0.15) is 25.0 Å². The number of para-hydroxylation sites is 4. The zero-order valence-corrected chi connectivity index (χ0v) is 36.5. The lowest BCUT2D eigenvalue weighted by Crippen LogP contribution is -2.30. The van der Waals surface area contributed by atoms with Crippen LogP contribution in [0.3, 0.4) is 0 Å². The van der Waals surface area contributed by atoms with Crippen molar-refractivity contribution in [3.63, 3.8) is 0 Å². The molecule has 0 atom stereocenters. The molecule has 12 aromatic rings. The fourth-order valence-corrected chi connectivity index (χ4v) is 10.4. The normalized spacial score (nSPS) is 13.1. The van der Waals surface area contributed by atoms with Crippen LogP contribution in [0.15, 0.2) is 218 Å². The molecule has 9 aromatic carbocycles. The maximum atomic E-state index is 5.16. The number of rotatable bonds is 6. The van der Waals surface area contributed by atoms with Gasteiger partial charge in [0.1, 0.15) is 0 Å². The van der Waals surface area contributed by atoms with Crippen LogP contribution in [0.2, 0.25) is 0 Å². The van der Waals surface area contributed by atoms with E-state index in [-0.39, 0.29) is 5.41 Å². The molecule has 0 amide bonds. The highest BCUT2D eigenvalue weighted by molar-refractivity contribution is 6.23. The summed E-state index contributed by atoms with van der Waals surface area (Å²) >= 11 is 0. The maximum absolute atomic E-state index is 5.16. The van der Waals surface area contributed by atoms with Crippen molar-refractivity contribution in [1.82, 2.24) is 24.1 Å². The Bertz CT molecular complexity index is 3780. The van der Waals surface area contributed by atoms with Crippen LogP contribution in [0.25, 0.3) is 89.2 Å². The molecule has 13 rings (SSSR count). The fraction of sp³-hybridized carbons (Fsp3) is 0.0500. The predicted molar refractivity (Wildman–Crippen MR) is 272 cm³/mol. The quantitative estimate of drug-likeness (QED) is 0.167. The first-order valence-corrected chi connectivity index (χ1v) is 22.5. The highest BCUT2D eigenvalue weighted by Gasteiger charge is 2.38. The van der Waals surface area contributed by atoms with Gasteiger partial charge in [-0.1, -0.05) is 178 Å². The molecule has 0 bridgehead atoms. The Balaban J connectivity index is 1.06. The summed E-state index contributed by atoms with van der Waals surface area (Å²) in [4.78, 5) is 17.7. The van der Waals surface area contributed by atoms with E-state index in [1.54, 1.807) is 0 Å². The van der Waals surface area contributed by atoms with Gasteiger partial charge in [0.25, 0.3) is 0 Å². The Labute approximate surface area is 382 Å². The SMILES string of the molecule is CC1(C)c2ccc(-c3nc(-c4ccccc4)nc(-c4ccccc4)n3)cc2N(c2ccccc2)c2cc(-n3c4ccccc4c4ccc5c6ccccc6n(-c6ccccc6)c5c43)ccc21. The molecule has 1 aliphatic heterocycles. The summed E-state index contributed by atoms with van der Waals surface area (Å²) in [7, 11) is 0. The van der Waals surface area contributed by atoms with Crippen molar-refractivity contribution in [3.05, 3.63) is 230 Å². The third-order valence-electron chi connectivity index (χ3n) is 13.5. The van der Waals surface area contributed by atoms with E-state index in [1.165, 1.54) is 49.2 Å². The summed E-state index contributed by atoms with van der Waals surface area (Å²) in [6.45, 7) is 4.69. The van der Waals surface area contributed by atoms with E-state index >= 15 is 0 Å². The van der Waals surface area contributed by atoms with E-state index in [0.717, 1.165) is 50.6 Å². The summed E-state index contributed by atoms with van der Waals surface area (Å²) in [6, 6.07) is 77.9. The molecule has 3 aromatic heterocycles. The molecule has 1 aliphatic rings. The molecule has 0 saturated heterocycles. The summed E-state index contributed by atoms with van der Waals surface area (Å²) < 4.78 is 4.94. The zero-order chi connectivity index (χ0) is 43.9. The summed E-state index contributed by atoms with van der Waals surface area (Å²) in [6.07, 6.45) is 0. The second-order valence-corrected chi connectivity index (χ2v) is 17.7. The summed E-state index contributed by atoms with van der Waals surface area (Å²) in [5, 5.41) is 4.89. The Hall–Kier alpha value is -8.61. The molecular formula is C60H42N6. The largest absolute Gasteiger partial charge is 0.310 e.